The van der Waals surface area contributed by atoms with Crippen LogP contribution in [0, 0.1) is 17.2 Å². The molecule has 0 aliphatic carbocycles. The van der Waals surface area contributed by atoms with Crippen molar-refractivity contribution in [3.8, 4) is 6.07 Å². The Morgan fingerprint density at radius 1 is 1.33 bits per heavy atom. The van der Waals surface area contributed by atoms with Gasteiger partial charge in [0.15, 0.2) is 0 Å². The molecule has 0 saturated heterocycles. The smallest absolute Gasteiger partial charge is 0.323 e. The molecule has 18 heavy (non-hydrogen) atoms. The van der Waals surface area contributed by atoms with Crippen molar-refractivity contribution in [3.63, 3.8) is 0 Å². The minimum Gasteiger partial charge on any atom is -0.460 e. The topological polar surface area (TPSA) is 50.1 Å². The van der Waals surface area contributed by atoms with Crippen LogP contribution in [0.4, 0.5) is 0 Å². The zero-order chi connectivity index (χ0) is 14.0. The van der Waals surface area contributed by atoms with Gasteiger partial charge in [-0.05, 0) is 46.1 Å². The SMILES string of the molecule is CCC(C#N)C(=O)OC/C=C(\C)CCC=C(C)C. The first-order chi connectivity index (χ1) is 8.51. The molecule has 0 spiro atoms. The van der Waals surface area contributed by atoms with Crippen molar-refractivity contribution in [2.45, 2.75) is 47.0 Å². The summed E-state index contributed by atoms with van der Waals surface area (Å²) in [5, 5.41) is 8.70. The average molecular weight is 249 g/mol. The van der Waals surface area contributed by atoms with E-state index < -0.39 is 11.9 Å². The zero-order valence-corrected chi connectivity index (χ0v) is 11.8. The summed E-state index contributed by atoms with van der Waals surface area (Å²) < 4.78 is 5.03. The van der Waals surface area contributed by atoms with Crippen LogP contribution in [-0.2, 0) is 9.53 Å². The van der Waals surface area contributed by atoms with Gasteiger partial charge >= 0.3 is 5.97 Å². The summed E-state index contributed by atoms with van der Waals surface area (Å²) in [4.78, 5) is 11.4. The first-order valence-corrected chi connectivity index (χ1v) is 6.36. The number of nitrogens with zero attached hydrogens (tertiary/aromatic N) is 1. The second kappa shape index (κ2) is 9.47. The Balaban J connectivity index is 3.98. The normalized spacial score (nSPS) is 12.5. The fourth-order valence-electron chi connectivity index (χ4n) is 1.37. The Hall–Kier alpha value is -1.56. The predicted molar refractivity (Wildman–Crippen MR) is 72.8 cm³/mol. The molecule has 3 heteroatoms. The third kappa shape index (κ3) is 7.67. The van der Waals surface area contributed by atoms with Crippen molar-refractivity contribution in [1.82, 2.24) is 0 Å². The van der Waals surface area contributed by atoms with Crippen molar-refractivity contribution >= 4 is 5.97 Å². The van der Waals surface area contributed by atoms with Gasteiger partial charge in [-0.25, -0.2) is 0 Å². The van der Waals surface area contributed by atoms with Gasteiger partial charge in [0.1, 0.15) is 12.5 Å². The molecule has 0 aromatic carbocycles. The number of nitriles is 1. The van der Waals surface area contributed by atoms with E-state index in [0.29, 0.717) is 6.42 Å². The highest BCUT2D eigenvalue weighted by molar-refractivity contribution is 5.75. The van der Waals surface area contributed by atoms with Gasteiger partial charge < -0.3 is 4.74 Å². The molecule has 1 unspecified atom stereocenters. The van der Waals surface area contributed by atoms with Crippen LogP contribution >= 0.6 is 0 Å². The van der Waals surface area contributed by atoms with Crippen LogP contribution < -0.4 is 0 Å². The number of ether oxygens (including phenoxy) is 1. The average Bonchev–Trinajstić information content (AvgIpc) is 2.30. The van der Waals surface area contributed by atoms with E-state index in [9.17, 15) is 4.79 Å². The van der Waals surface area contributed by atoms with Crippen LogP contribution in [0.1, 0.15) is 47.0 Å². The molecular formula is C15H23NO2. The van der Waals surface area contributed by atoms with Crippen LogP contribution in [0.25, 0.3) is 0 Å². The van der Waals surface area contributed by atoms with E-state index in [2.05, 4.69) is 19.9 Å². The Morgan fingerprint density at radius 3 is 2.50 bits per heavy atom. The lowest BCUT2D eigenvalue weighted by Gasteiger charge is -2.06. The number of hydrogen-bond donors (Lipinski definition) is 0. The second-order valence-electron chi connectivity index (χ2n) is 4.59. The van der Waals surface area contributed by atoms with E-state index in [0.717, 1.165) is 12.8 Å². The number of hydrogen-bond acceptors (Lipinski definition) is 3. The highest BCUT2D eigenvalue weighted by Gasteiger charge is 2.15. The maximum Gasteiger partial charge on any atom is 0.323 e. The lowest BCUT2D eigenvalue weighted by atomic mass is 10.1. The van der Waals surface area contributed by atoms with Gasteiger partial charge in [0, 0.05) is 0 Å². The summed E-state index contributed by atoms with van der Waals surface area (Å²) in [5.41, 5.74) is 2.51. The highest BCUT2D eigenvalue weighted by atomic mass is 16.5. The molecule has 0 radical (unpaired) electrons. The van der Waals surface area contributed by atoms with Crippen LogP contribution in [0.3, 0.4) is 0 Å². The quantitative estimate of drug-likeness (QED) is 0.509. The Morgan fingerprint density at radius 2 is 2.00 bits per heavy atom. The van der Waals surface area contributed by atoms with E-state index in [1.54, 1.807) is 6.92 Å². The standard InChI is InChI=1S/C15H23NO2/c1-5-14(11-16)15(17)18-10-9-13(4)8-6-7-12(2)3/h7,9,14H,5-6,8,10H2,1-4H3/b13-9+. The van der Waals surface area contributed by atoms with Gasteiger partial charge in [0.25, 0.3) is 0 Å². The molecule has 0 heterocycles. The lowest BCUT2D eigenvalue weighted by Crippen LogP contribution is -2.15. The summed E-state index contributed by atoms with van der Waals surface area (Å²) in [6, 6.07) is 1.93. The van der Waals surface area contributed by atoms with Gasteiger partial charge in [0.05, 0.1) is 6.07 Å². The summed E-state index contributed by atoms with van der Waals surface area (Å²) in [7, 11) is 0. The maximum absolute atomic E-state index is 11.4. The molecule has 1 atom stereocenters. The zero-order valence-electron chi connectivity index (χ0n) is 11.8. The molecule has 0 bridgehead atoms. The van der Waals surface area contributed by atoms with Crippen molar-refractivity contribution in [2.75, 3.05) is 6.61 Å². The van der Waals surface area contributed by atoms with Crippen molar-refractivity contribution < 1.29 is 9.53 Å². The first-order valence-electron chi connectivity index (χ1n) is 6.36. The molecule has 100 valence electrons. The van der Waals surface area contributed by atoms with Crippen LogP contribution in [0.5, 0.6) is 0 Å². The van der Waals surface area contributed by atoms with Gasteiger partial charge in [-0.1, -0.05) is 24.1 Å². The molecule has 0 saturated carbocycles. The minimum atomic E-state index is -0.635. The third-order valence-corrected chi connectivity index (χ3v) is 2.60. The highest BCUT2D eigenvalue weighted by Crippen LogP contribution is 2.07. The van der Waals surface area contributed by atoms with Gasteiger partial charge in [-0.2, -0.15) is 5.26 Å². The molecule has 3 nitrogen and oxygen atoms in total. The van der Waals surface area contributed by atoms with Crippen LogP contribution in [0.2, 0.25) is 0 Å². The van der Waals surface area contributed by atoms with Crippen molar-refractivity contribution in [2.24, 2.45) is 5.92 Å². The van der Waals surface area contributed by atoms with Gasteiger partial charge in [0.2, 0.25) is 0 Å². The second-order valence-corrected chi connectivity index (χ2v) is 4.59. The molecule has 0 aromatic rings. The van der Waals surface area contributed by atoms with E-state index in [1.165, 1.54) is 11.1 Å². The summed E-state index contributed by atoms with van der Waals surface area (Å²) in [6.07, 6.45) is 6.57. The number of carbonyl (C=O) groups excluding carboxylic acids is 1. The summed E-state index contributed by atoms with van der Waals surface area (Å²) in [5.74, 6) is -1.06. The molecule has 0 N–H and O–H groups in total. The molecule has 0 aromatic heterocycles. The van der Waals surface area contributed by atoms with E-state index in [-0.39, 0.29) is 6.61 Å². The molecule has 0 aliphatic heterocycles. The van der Waals surface area contributed by atoms with Crippen LogP contribution in [-0.4, -0.2) is 12.6 Å². The predicted octanol–water partition coefficient (Wildman–Crippen LogP) is 3.77. The molecule has 0 aliphatic rings. The Labute approximate surface area is 110 Å². The molecular weight excluding hydrogens is 226 g/mol. The Bertz CT molecular complexity index is 357. The van der Waals surface area contributed by atoms with E-state index in [4.69, 9.17) is 10.00 Å². The first kappa shape index (κ1) is 16.4. The summed E-state index contributed by atoms with van der Waals surface area (Å²) in [6.45, 7) is 8.24. The van der Waals surface area contributed by atoms with E-state index in [1.807, 2.05) is 19.1 Å². The van der Waals surface area contributed by atoms with Crippen LogP contribution in [0.15, 0.2) is 23.3 Å². The fourth-order valence-corrected chi connectivity index (χ4v) is 1.37. The Kier molecular flexibility index (Phi) is 8.65. The molecule has 0 fully saturated rings. The number of carbonyl (C=O) groups is 1. The maximum atomic E-state index is 11.4. The summed E-state index contributed by atoms with van der Waals surface area (Å²) >= 11 is 0. The van der Waals surface area contributed by atoms with Crippen molar-refractivity contribution in [3.05, 3.63) is 23.3 Å². The number of esters is 1. The number of rotatable bonds is 7. The fraction of sp³-hybridized carbons (Fsp3) is 0.600. The molecule has 0 amide bonds. The largest absolute Gasteiger partial charge is 0.460 e. The van der Waals surface area contributed by atoms with Crippen molar-refractivity contribution in [1.29, 1.82) is 5.26 Å². The minimum absolute atomic E-state index is 0.262. The monoisotopic (exact) mass is 249 g/mol. The van der Waals surface area contributed by atoms with Gasteiger partial charge in [-0.3, -0.25) is 4.79 Å². The number of allylic oxidation sites excluding steroid dienone is 3. The lowest BCUT2D eigenvalue weighted by molar-refractivity contribution is -0.145. The van der Waals surface area contributed by atoms with Gasteiger partial charge in [-0.15, -0.1) is 0 Å². The van der Waals surface area contributed by atoms with E-state index >= 15 is 0 Å². The third-order valence-electron chi connectivity index (χ3n) is 2.60. The molecule has 0 rings (SSSR count).